The molecule has 0 aromatic heterocycles. The van der Waals surface area contributed by atoms with Crippen molar-refractivity contribution in [2.75, 3.05) is 46.3 Å². The van der Waals surface area contributed by atoms with Gasteiger partial charge >= 0.3 is 0 Å². The molecule has 0 saturated carbocycles. The lowest BCUT2D eigenvalue weighted by atomic mass is 10.1. The van der Waals surface area contributed by atoms with Crippen molar-refractivity contribution in [2.24, 2.45) is 5.10 Å². The fourth-order valence-electron chi connectivity index (χ4n) is 2.14. The Morgan fingerprint density at radius 3 is 2.68 bits per heavy atom. The molecule has 2 aliphatic heterocycles. The Labute approximate surface area is 113 Å². The number of rotatable bonds is 4. The maximum Gasteiger partial charge on any atom is 0.267 e. The van der Waals surface area contributed by atoms with Gasteiger partial charge in [0.15, 0.2) is 0 Å². The molecule has 2 heterocycles. The number of hydrazone groups is 1. The fourth-order valence-corrected chi connectivity index (χ4v) is 2.14. The van der Waals surface area contributed by atoms with Gasteiger partial charge in [0.25, 0.3) is 5.91 Å². The van der Waals surface area contributed by atoms with E-state index >= 15 is 0 Å². The molecule has 106 valence electrons. The van der Waals surface area contributed by atoms with Crippen LogP contribution in [0.4, 0.5) is 0 Å². The highest BCUT2D eigenvalue weighted by Crippen LogP contribution is 2.00. The fraction of sp³-hybridized carbons (Fsp3) is 0.750. The lowest BCUT2D eigenvalue weighted by Gasteiger charge is -2.32. The number of carbonyl (C=O) groups is 2. The summed E-state index contributed by atoms with van der Waals surface area (Å²) in [6.45, 7) is 5.72. The first kappa shape index (κ1) is 14.0. The number of nitrogens with zero attached hydrogens (tertiary/aromatic N) is 3. The van der Waals surface area contributed by atoms with Gasteiger partial charge < -0.3 is 10.2 Å². The number of hydrogen-bond donors (Lipinski definition) is 2. The predicted molar refractivity (Wildman–Crippen MR) is 71.8 cm³/mol. The average molecular weight is 267 g/mol. The summed E-state index contributed by atoms with van der Waals surface area (Å²) in [7, 11) is 2.12. The summed E-state index contributed by atoms with van der Waals surface area (Å²) >= 11 is 0. The molecule has 0 unspecified atom stereocenters. The third kappa shape index (κ3) is 4.29. The Hall–Kier alpha value is -1.47. The second kappa shape index (κ2) is 6.63. The first-order valence-electron chi connectivity index (χ1n) is 6.69. The van der Waals surface area contributed by atoms with E-state index in [1.807, 2.05) is 0 Å². The number of amides is 2. The Kier molecular flexibility index (Phi) is 4.86. The molecule has 0 aliphatic carbocycles. The molecule has 7 heteroatoms. The van der Waals surface area contributed by atoms with Crippen LogP contribution in [0, 0.1) is 0 Å². The molecular weight excluding hydrogens is 246 g/mol. The van der Waals surface area contributed by atoms with Crippen LogP contribution in [-0.4, -0.2) is 73.6 Å². The number of likely N-dealkylation sites (N-methyl/N-ethyl adjacent to an activating group) is 1. The summed E-state index contributed by atoms with van der Waals surface area (Å²) in [4.78, 5) is 27.3. The molecule has 1 fully saturated rings. The van der Waals surface area contributed by atoms with Gasteiger partial charge in [-0.2, -0.15) is 5.10 Å². The standard InChI is InChI=1S/C12H21N5O2/c1-16-6-8-17(9-7-16)5-4-13-12(19)10-2-3-11(18)15-14-10/h2-9H2,1H3,(H,13,19)(H,15,18). The smallest absolute Gasteiger partial charge is 0.267 e. The highest BCUT2D eigenvalue weighted by Gasteiger charge is 2.18. The predicted octanol–water partition coefficient (Wildman–Crippen LogP) is -1.38. The Balaban J connectivity index is 1.65. The quantitative estimate of drug-likeness (QED) is 0.658. The van der Waals surface area contributed by atoms with Gasteiger partial charge in [-0.1, -0.05) is 0 Å². The molecule has 2 rings (SSSR count). The molecular formula is C12H21N5O2. The summed E-state index contributed by atoms with van der Waals surface area (Å²) < 4.78 is 0. The molecule has 0 bridgehead atoms. The van der Waals surface area contributed by atoms with Crippen LogP contribution in [-0.2, 0) is 9.59 Å². The van der Waals surface area contributed by atoms with E-state index in [-0.39, 0.29) is 11.8 Å². The van der Waals surface area contributed by atoms with Gasteiger partial charge in [0.2, 0.25) is 5.91 Å². The zero-order valence-corrected chi connectivity index (χ0v) is 11.3. The van der Waals surface area contributed by atoms with E-state index in [1.165, 1.54) is 0 Å². The maximum absolute atomic E-state index is 11.8. The monoisotopic (exact) mass is 267 g/mol. The van der Waals surface area contributed by atoms with Crippen molar-refractivity contribution in [3.63, 3.8) is 0 Å². The highest BCUT2D eigenvalue weighted by molar-refractivity contribution is 6.39. The van der Waals surface area contributed by atoms with Crippen LogP contribution >= 0.6 is 0 Å². The van der Waals surface area contributed by atoms with E-state index in [2.05, 4.69) is 32.7 Å². The van der Waals surface area contributed by atoms with Crippen LogP contribution in [0.2, 0.25) is 0 Å². The van der Waals surface area contributed by atoms with Crippen molar-refractivity contribution in [1.29, 1.82) is 0 Å². The molecule has 0 spiro atoms. The molecule has 2 N–H and O–H groups in total. The van der Waals surface area contributed by atoms with E-state index in [0.717, 1.165) is 32.7 Å². The molecule has 0 radical (unpaired) electrons. The maximum atomic E-state index is 11.8. The third-order valence-electron chi connectivity index (χ3n) is 3.48. The largest absolute Gasteiger partial charge is 0.350 e. The first-order chi connectivity index (χ1) is 9.15. The van der Waals surface area contributed by atoms with Crippen LogP contribution < -0.4 is 10.7 Å². The summed E-state index contributed by atoms with van der Waals surface area (Å²) in [5.41, 5.74) is 2.74. The zero-order valence-electron chi connectivity index (χ0n) is 11.3. The van der Waals surface area contributed by atoms with Gasteiger partial charge in [-0.15, -0.1) is 0 Å². The van der Waals surface area contributed by atoms with Crippen molar-refractivity contribution < 1.29 is 9.59 Å². The average Bonchev–Trinajstić information content (AvgIpc) is 2.41. The van der Waals surface area contributed by atoms with E-state index in [4.69, 9.17) is 0 Å². The van der Waals surface area contributed by atoms with Gasteiger partial charge in [-0.25, -0.2) is 5.43 Å². The summed E-state index contributed by atoms with van der Waals surface area (Å²) in [5, 5.41) is 6.62. The molecule has 0 aromatic carbocycles. The number of carbonyl (C=O) groups excluding carboxylic acids is 2. The number of piperazine rings is 1. The van der Waals surface area contributed by atoms with Crippen LogP contribution in [0.15, 0.2) is 5.10 Å². The van der Waals surface area contributed by atoms with Crippen LogP contribution in [0.1, 0.15) is 12.8 Å². The lowest BCUT2D eigenvalue weighted by Crippen LogP contribution is -2.47. The minimum Gasteiger partial charge on any atom is -0.350 e. The van der Waals surface area contributed by atoms with Gasteiger partial charge in [0.1, 0.15) is 5.71 Å². The van der Waals surface area contributed by atoms with Crippen LogP contribution in [0.5, 0.6) is 0 Å². The minimum atomic E-state index is -0.172. The second-order valence-corrected chi connectivity index (χ2v) is 4.99. The zero-order chi connectivity index (χ0) is 13.7. The molecule has 7 nitrogen and oxygen atoms in total. The van der Waals surface area contributed by atoms with Crippen molar-refractivity contribution in [3.8, 4) is 0 Å². The molecule has 2 amide bonds. The van der Waals surface area contributed by atoms with Crippen molar-refractivity contribution in [3.05, 3.63) is 0 Å². The van der Waals surface area contributed by atoms with E-state index in [0.29, 0.717) is 25.1 Å². The first-order valence-corrected chi connectivity index (χ1v) is 6.69. The topological polar surface area (TPSA) is 77.0 Å². The van der Waals surface area contributed by atoms with E-state index in [9.17, 15) is 9.59 Å². The van der Waals surface area contributed by atoms with Gasteiger partial charge in [-0.3, -0.25) is 14.5 Å². The number of nitrogens with one attached hydrogen (secondary N) is 2. The SMILES string of the molecule is CN1CCN(CCNC(=O)C2=NNC(=O)CC2)CC1. The van der Waals surface area contributed by atoms with Gasteiger partial charge in [0, 0.05) is 52.1 Å². The van der Waals surface area contributed by atoms with E-state index in [1.54, 1.807) is 0 Å². The third-order valence-corrected chi connectivity index (χ3v) is 3.48. The summed E-state index contributed by atoms with van der Waals surface area (Å²) in [5.74, 6) is -0.303. The summed E-state index contributed by atoms with van der Waals surface area (Å²) in [6, 6.07) is 0. The highest BCUT2D eigenvalue weighted by atomic mass is 16.2. The summed E-state index contributed by atoms with van der Waals surface area (Å²) in [6.07, 6.45) is 0.761. The normalized spacial score (nSPS) is 21.7. The molecule has 0 aromatic rings. The Bertz CT molecular complexity index is 374. The lowest BCUT2D eigenvalue weighted by molar-refractivity contribution is -0.121. The van der Waals surface area contributed by atoms with Crippen molar-refractivity contribution >= 4 is 17.5 Å². The molecule has 2 aliphatic rings. The Morgan fingerprint density at radius 2 is 2.05 bits per heavy atom. The van der Waals surface area contributed by atoms with Crippen LogP contribution in [0.3, 0.4) is 0 Å². The van der Waals surface area contributed by atoms with Crippen LogP contribution in [0.25, 0.3) is 0 Å². The molecule has 0 atom stereocenters. The minimum absolute atomic E-state index is 0.131. The van der Waals surface area contributed by atoms with Crippen molar-refractivity contribution in [2.45, 2.75) is 12.8 Å². The molecule has 19 heavy (non-hydrogen) atoms. The van der Waals surface area contributed by atoms with E-state index < -0.39 is 0 Å². The number of hydrogen-bond acceptors (Lipinski definition) is 5. The van der Waals surface area contributed by atoms with Gasteiger partial charge in [0.05, 0.1) is 0 Å². The van der Waals surface area contributed by atoms with Crippen molar-refractivity contribution in [1.82, 2.24) is 20.5 Å². The molecule has 1 saturated heterocycles. The second-order valence-electron chi connectivity index (χ2n) is 4.99. The van der Waals surface area contributed by atoms with Gasteiger partial charge in [-0.05, 0) is 7.05 Å². The Morgan fingerprint density at radius 1 is 1.32 bits per heavy atom.